The molecule has 6 aromatic carbocycles. The fourth-order valence-corrected chi connectivity index (χ4v) is 13.0. The van der Waals surface area contributed by atoms with Crippen molar-refractivity contribution in [3.8, 4) is 0 Å². The van der Waals surface area contributed by atoms with Gasteiger partial charge >= 0.3 is 0 Å². The topological polar surface area (TPSA) is 39.7 Å². The number of nitrogens with one attached hydrogen (secondary N) is 2. The lowest BCUT2D eigenvalue weighted by Crippen LogP contribution is -2.44. The van der Waals surface area contributed by atoms with Crippen molar-refractivity contribution in [2.24, 2.45) is 4.99 Å². The molecule has 0 bridgehead atoms. The van der Waals surface area contributed by atoms with E-state index in [2.05, 4.69) is 222 Å². The summed E-state index contributed by atoms with van der Waals surface area (Å²) in [6.45, 7) is 0. The van der Waals surface area contributed by atoms with Crippen molar-refractivity contribution >= 4 is 27.2 Å². The van der Waals surface area contributed by atoms with E-state index in [1.165, 1.54) is 42.1 Å². The number of anilines is 2. The van der Waals surface area contributed by atoms with E-state index in [0.29, 0.717) is 0 Å². The summed E-state index contributed by atoms with van der Waals surface area (Å²) < 4.78 is 0. The summed E-state index contributed by atoms with van der Waals surface area (Å²) in [5.74, 6) is 1.16. The zero-order valence-corrected chi connectivity index (χ0v) is 32.0. The van der Waals surface area contributed by atoms with Gasteiger partial charge in [-0.05, 0) is 89.0 Å². The number of hydrogen-bond acceptors (Lipinski definition) is 4. The normalized spacial score (nSPS) is 22.5. The molecule has 274 valence electrons. The van der Waals surface area contributed by atoms with Crippen molar-refractivity contribution in [1.82, 2.24) is 10.6 Å². The Balaban J connectivity index is 1.12. The van der Waals surface area contributed by atoms with E-state index in [0.717, 1.165) is 29.8 Å². The van der Waals surface area contributed by atoms with Gasteiger partial charge in [0, 0.05) is 37.5 Å². The quantitative estimate of drug-likeness (QED) is 0.163. The van der Waals surface area contributed by atoms with Crippen LogP contribution in [-0.4, -0.2) is 11.9 Å². The van der Waals surface area contributed by atoms with Crippen LogP contribution in [0.2, 0.25) is 0 Å². The Labute approximate surface area is 331 Å². The van der Waals surface area contributed by atoms with Crippen LogP contribution in [0, 0.1) is 0 Å². The van der Waals surface area contributed by atoms with Crippen molar-refractivity contribution in [3.05, 3.63) is 233 Å². The molecule has 2 N–H and O–H groups in total. The molecule has 5 unspecified atom stereocenters. The Morgan fingerprint density at radius 2 is 1.25 bits per heavy atom. The minimum absolute atomic E-state index is 0.0869. The summed E-state index contributed by atoms with van der Waals surface area (Å²) in [5.41, 5.74) is 7.30. The maximum atomic E-state index is 5.27. The molecule has 0 aromatic heterocycles. The average Bonchev–Trinajstić information content (AvgIpc) is 3.62. The third-order valence-corrected chi connectivity index (χ3v) is 15.5. The molecule has 5 atom stereocenters. The molecule has 6 aromatic rings. The van der Waals surface area contributed by atoms with Gasteiger partial charge in [0.25, 0.3) is 0 Å². The lowest BCUT2D eigenvalue weighted by molar-refractivity contribution is 0.409. The number of nitrogens with zero attached hydrogens (tertiary/aromatic N) is 2. The van der Waals surface area contributed by atoms with Gasteiger partial charge in [-0.2, -0.15) is 0 Å². The van der Waals surface area contributed by atoms with Gasteiger partial charge in [-0.15, -0.1) is 10.0 Å². The summed E-state index contributed by atoms with van der Waals surface area (Å²) in [6.07, 6.45) is 17.9. The highest BCUT2D eigenvalue weighted by Gasteiger charge is 2.41. The molecule has 0 amide bonds. The molecule has 5 heteroatoms. The van der Waals surface area contributed by atoms with E-state index in [4.69, 9.17) is 4.99 Å². The Hall–Kier alpha value is -6.14. The summed E-state index contributed by atoms with van der Waals surface area (Å²) in [7, 11) is -1.85. The van der Waals surface area contributed by atoms with Gasteiger partial charge in [-0.25, -0.2) is 4.99 Å². The highest BCUT2D eigenvalue weighted by molar-refractivity contribution is 8.37. The molecule has 10 rings (SSSR count). The van der Waals surface area contributed by atoms with E-state index >= 15 is 0 Å². The van der Waals surface area contributed by atoms with Crippen LogP contribution in [0.15, 0.2) is 231 Å². The Kier molecular flexibility index (Phi) is 9.10. The summed E-state index contributed by atoms with van der Waals surface area (Å²) in [4.78, 5) is 13.3. The number of rotatable bonds is 8. The smallest absolute Gasteiger partial charge is 0.131 e. The van der Waals surface area contributed by atoms with Crippen LogP contribution in [0.1, 0.15) is 53.3 Å². The van der Waals surface area contributed by atoms with E-state index in [-0.39, 0.29) is 24.3 Å². The van der Waals surface area contributed by atoms with E-state index < -0.39 is 10.0 Å². The summed E-state index contributed by atoms with van der Waals surface area (Å²) >= 11 is 0. The number of para-hydroxylation sites is 1. The van der Waals surface area contributed by atoms with Gasteiger partial charge in [0.15, 0.2) is 0 Å². The standard InChI is InChI=1S/C51H44N4S/c1-6-18-37(19-7-1)49-52-50(38-20-8-2-9-21-38)54-51(53-49)39-30-32-43(33-31-39)56(41-24-12-4-13-25-41,42-26-14-5-15-27-42)44-34-35-48-46(36-44)45-28-16-17-29-47(45)55(48)40-22-10-3-11-23-40/h1-14,16-26,28-36,45,47,49-50,52H,15,27H2,(H,53,54). The fraction of sp³-hybridized carbons (Fsp3) is 0.118. The predicted molar refractivity (Wildman–Crippen MR) is 233 cm³/mol. The molecule has 2 heterocycles. The van der Waals surface area contributed by atoms with E-state index in [1.807, 2.05) is 0 Å². The molecular formula is C51H44N4S. The first-order valence-corrected chi connectivity index (χ1v) is 21.3. The highest BCUT2D eigenvalue weighted by Crippen LogP contribution is 2.75. The largest absolute Gasteiger partial charge is 0.350 e. The van der Waals surface area contributed by atoms with Gasteiger partial charge < -0.3 is 10.2 Å². The molecule has 2 aliphatic carbocycles. The zero-order chi connectivity index (χ0) is 37.3. The third kappa shape index (κ3) is 6.04. The maximum Gasteiger partial charge on any atom is 0.131 e. The lowest BCUT2D eigenvalue weighted by atomic mass is 9.91. The highest BCUT2D eigenvalue weighted by atomic mass is 32.3. The fourth-order valence-electron chi connectivity index (χ4n) is 8.87. The van der Waals surface area contributed by atoms with Crippen molar-refractivity contribution < 1.29 is 0 Å². The van der Waals surface area contributed by atoms with Gasteiger partial charge in [-0.1, -0.05) is 152 Å². The SMILES string of the molecule is C1=CCCC(S(c2ccccc2)(c2ccc(C3=NC(c4ccccc4)NC(c4ccccc4)N3)cc2)c2ccc3c(c2)C2C=CC=CC2N3c2ccccc2)=C1. The summed E-state index contributed by atoms with van der Waals surface area (Å²) in [6, 6.07) is 60.2. The van der Waals surface area contributed by atoms with Crippen molar-refractivity contribution in [2.75, 3.05) is 4.90 Å². The van der Waals surface area contributed by atoms with Crippen molar-refractivity contribution in [1.29, 1.82) is 0 Å². The van der Waals surface area contributed by atoms with Gasteiger partial charge in [0.2, 0.25) is 0 Å². The summed E-state index contributed by atoms with van der Waals surface area (Å²) in [5, 5.41) is 7.49. The molecule has 4 aliphatic rings. The minimum Gasteiger partial charge on any atom is -0.350 e. The number of benzene rings is 6. The Morgan fingerprint density at radius 1 is 0.607 bits per heavy atom. The van der Waals surface area contributed by atoms with Crippen LogP contribution in [0.25, 0.3) is 0 Å². The van der Waals surface area contributed by atoms with Crippen LogP contribution >= 0.6 is 10.0 Å². The van der Waals surface area contributed by atoms with Crippen LogP contribution in [0.5, 0.6) is 0 Å². The number of allylic oxidation sites excluding steroid dienone is 6. The Bertz CT molecular complexity index is 2490. The third-order valence-electron chi connectivity index (χ3n) is 11.5. The molecule has 4 nitrogen and oxygen atoms in total. The molecule has 2 aliphatic heterocycles. The van der Waals surface area contributed by atoms with Crippen molar-refractivity contribution in [2.45, 2.75) is 51.8 Å². The van der Waals surface area contributed by atoms with Crippen LogP contribution < -0.4 is 15.5 Å². The number of amidine groups is 1. The average molecular weight is 745 g/mol. The molecule has 0 saturated heterocycles. The number of aliphatic imine (C=N–C) groups is 1. The molecule has 0 saturated carbocycles. The first-order valence-electron chi connectivity index (χ1n) is 19.7. The van der Waals surface area contributed by atoms with Crippen LogP contribution in [0.4, 0.5) is 11.4 Å². The van der Waals surface area contributed by atoms with Gasteiger partial charge in [-0.3, -0.25) is 5.32 Å². The minimum atomic E-state index is -1.85. The molecule has 56 heavy (non-hydrogen) atoms. The van der Waals surface area contributed by atoms with Gasteiger partial charge in [0.1, 0.15) is 18.2 Å². The molecule has 0 spiro atoms. The monoisotopic (exact) mass is 744 g/mol. The first-order chi connectivity index (χ1) is 27.8. The molecule has 0 fully saturated rings. The Morgan fingerprint density at radius 3 is 1.96 bits per heavy atom. The van der Waals surface area contributed by atoms with Crippen LogP contribution in [-0.2, 0) is 0 Å². The van der Waals surface area contributed by atoms with E-state index in [9.17, 15) is 0 Å². The van der Waals surface area contributed by atoms with Gasteiger partial charge in [0.05, 0.1) is 6.04 Å². The number of hydrogen-bond donors (Lipinski definition) is 2. The first kappa shape index (κ1) is 34.4. The second-order valence-corrected chi connectivity index (χ2v) is 17.9. The lowest BCUT2D eigenvalue weighted by Gasteiger charge is -2.44. The molecule has 0 radical (unpaired) electrons. The number of fused-ring (bicyclic) bond motifs is 3. The van der Waals surface area contributed by atoms with E-state index in [1.54, 1.807) is 0 Å². The maximum absolute atomic E-state index is 5.27. The molecular weight excluding hydrogens is 701 g/mol. The predicted octanol–water partition coefficient (Wildman–Crippen LogP) is 12.3. The zero-order valence-electron chi connectivity index (χ0n) is 31.2. The second-order valence-electron chi connectivity index (χ2n) is 14.7. The second kappa shape index (κ2) is 14.8. The van der Waals surface area contributed by atoms with Crippen LogP contribution in [0.3, 0.4) is 0 Å². The van der Waals surface area contributed by atoms with Crippen molar-refractivity contribution in [3.63, 3.8) is 0 Å².